The summed E-state index contributed by atoms with van der Waals surface area (Å²) in [5.41, 5.74) is -0.551. The molecule has 0 aliphatic heterocycles. The van der Waals surface area contributed by atoms with Crippen molar-refractivity contribution >= 4 is 5.97 Å². The maximum Gasteiger partial charge on any atom is 0.325 e. The van der Waals surface area contributed by atoms with Gasteiger partial charge in [0, 0.05) is 0 Å². The number of nitrogens with one attached hydrogen (secondary N) is 1. The molecule has 1 unspecified atom stereocenters. The molecule has 0 fully saturated rings. The van der Waals surface area contributed by atoms with Crippen LogP contribution in [0.2, 0.25) is 0 Å². The highest BCUT2D eigenvalue weighted by Gasteiger charge is 2.32. The number of hydrogen-bond donors (Lipinski definition) is 1. The first-order valence-corrected chi connectivity index (χ1v) is 8.59. The van der Waals surface area contributed by atoms with Crippen molar-refractivity contribution in [3.05, 3.63) is 0 Å². The second kappa shape index (κ2) is 12.0. The maximum atomic E-state index is 11.9. The Hall–Kier alpha value is -0.610. The van der Waals surface area contributed by atoms with E-state index in [-0.39, 0.29) is 5.97 Å². The number of likely N-dealkylation sites (N-methyl/N-ethyl adjacent to an activating group) is 1. The van der Waals surface area contributed by atoms with E-state index in [2.05, 4.69) is 24.1 Å². The third-order valence-corrected chi connectivity index (χ3v) is 4.01. The van der Waals surface area contributed by atoms with Gasteiger partial charge in [-0.1, -0.05) is 33.6 Å². The largest absolute Gasteiger partial charge is 0.468 e. The SMILES string of the molecule is CCCCN(CCCC)CCCC(C)(NCC)C(=O)OC. The van der Waals surface area contributed by atoms with Gasteiger partial charge in [-0.05, 0) is 58.8 Å². The van der Waals surface area contributed by atoms with E-state index < -0.39 is 5.54 Å². The monoisotopic (exact) mass is 300 g/mol. The first-order chi connectivity index (χ1) is 10.0. The Morgan fingerprint density at radius 1 is 1.05 bits per heavy atom. The fourth-order valence-corrected chi connectivity index (χ4v) is 2.63. The molecule has 0 amide bonds. The van der Waals surface area contributed by atoms with E-state index in [9.17, 15) is 4.79 Å². The van der Waals surface area contributed by atoms with Gasteiger partial charge in [0.2, 0.25) is 0 Å². The van der Waals surface area contributed by atoms with Gasteiger partial charge in [-0.3, -0.25) is 4.79 Å². The summed E-state index contributed by atoms with van der Waals surface area (Å²) < 4.78 is 4.94. The zero-order valence-electron chi connectivity index (χ0n) is 14.8. The van der Waals surface area contributed by atoms with Crippen molar-refractivity contribution < 1.29 is 9.53 Å². The summed E-state index contributed by atoms with van der Waals surface area (Å²) >= 11 is 0. The number of ether oxygens (including phenoxy) is 1. The minimum atomic E-state index is -0.551. The molecule has 4 nitrogen and oxygen atoms in total. The molecule has 0 rings (SSSR count). The van der Waals surface area contributed by atoms with E-state index in [1.165, 1.54) is 45.9 Å². The Bertz CT molecular complexity index is 264. The van der Waals surface area contributed by atoms with Crippen LogP contribution in [0.1, 0.15) is 66.2 Å². The molecule has 0 aromatic heterocycles. The van der Waals surface area contributed by atoms with Crippen LogP contribution in [0.5, 0.6) is 0 Å². The maximum absolute atomic E-state index is 11.9. The smallest absolute Gasteiger partial charge is 0.325 e. The molecular weight excluding hydrogens is 264 g/mol. The first-order valence-electron chi connectivity index (χ1n) is 8.59. The van der Waals surface area contributed by atoms with Crippen LogP contribution in [0.25, 0.3) is 0 Å². The van der Waals surface area contributed by atoms with Crippen molar-refractivity contribution in [3.8, 4) is 0 Å². The van der Waals surface area contributed by atoms with Crippen molar-refractivity contribution in [1.29, 1.82) is 0 Å². The molecule has 0 aliphatic carbocycles. The van der Waals surface area contributed by atoms with Gasteiger partial charge in [0.25, 0.3) is 0 Å². The van der Waals surface area contributed by atoms with Gasteiger partial charge in [0.05, 0.1) is 7.11 Å². The lowest BCUT2D eigenvalue weighted by atomic mass is 9.95. The molecule has 21 heavy (non-hydrogen) atoms. The van der Waals surface area contributed by atoms with Gasteiger partial charge in [-0.2, -0.15) is 0 Å². The van der Waals surface area contributed by atoms with Crippen LogP contribution in [0.4, 0.5) is 0 Å². The molecule has 0 radical (unpaired) electrons. The van der Waals surface area contributed by atoms with Crippen molar-refractivity contribution in [3.63, 3.8) is 0 Å². The van der Waals surface area contributed by atoms with Crippen LogP contribution in [0.15, 0.2) is 0 Å². The molecule has 0 aromatic rings. The molecule has 0 saturated carbocycles. The normalized spacial score (nSPS) is 14.2. The van der Waals surface area contributed by atoms with Gasteiger partial charge >= 0.3 is 5.97 Å². The Balaban J connectivity index is 4.32. The van der Waals surface area contributed by atoms with Crippen LogP contribution in [0.3, 0.4) is 0 Å². The highest BCUT2D eigenvalue weighted by Crippen LogP contribution is 2.15. The molecule has 1 N–H and O–H groups in total. The number of methoxy groups -OCH3 is 1. The van der Waals surface area contributed by atoms with E-state index in [4.69, 9.17) is 4.74 Å². The summed E-state index contributed by atoms with van der Waals surface area (Å²) in [5.74, 6) is -0.155. The summed E-state index contributed by atoms with van der Waals surface area (Å²) in [4.78, 5) is 14.5. The Labute approximate surface area is 131 Å². The van der Waals surface area contributed by atoms with E-state index in [0.29, 0.717) is 0 Å². The Kier molecular flexibility index (Phi) is 11.6. The quantitative estimate of drug-likeness (QED) is 0.530. The van der Waals surface area contributed by atoms with Gasteiger partial charge < -0.3 is 15.0 Å². The highest BCUT2D eigenvalue weighted by molar-refractivity contribution is 5.80. The second-order valence-corrected chi connectivity index (χ2v) is 6.01. The fraction of sp³-hybridized carbons (Fsp3) is 0.941. The average molecular weight is 300 g/mol. The topological polar surface area (TPSA) is 41.6 Å². The summed E-state index contributed by atoms with van der Waals surface area (Å²) in [6.45, 7) is 12.6. The van der Waals surface area contributed by atoms with Crippen LogP contribution < -0.4 is 5.32 Å². The lowest BCUT2D eigenvalue weighted by Crippen LogP contribution is -2.50. The number of nitrogens with zero attached hydrogens (tertiary/aromatic N) is 1. The Morgan fingerprint density at radius 2 is 1.57 bits per heavy atom. The average Bonchev–Trinajstić information content (AvgIpc) is 2.48. The lowest BCUT2D eigenvalue weighted by molar-refractivity contribution is -0.148. The van der Waals surface area contributed by atoms with Gasteiger partial charge in [-0.25, -0.2) is 0 Å². The van der Waals surface area contributed by atoms with Crippen molar-refractivity contribution in [1.82, 2.24) is 10.2 Å². The third kappa shape index (κ3) is 8.42. The summed E-state index contributed by atoms with van der Waals surface area (Å²) in [6.07, 6.45) is 6.82. The molecule has 0 bridgehead atoms. The summed E-state index contributed by atoms with van der Waals surface area (Å²) in [6, 6.07) is 0. The fourth-order valence-electron chi connectivity index (χ4n) is 2.63. The number of carbonyl (C=O) groups is 1. The van der Waals surface area contributed by atoms with E-state index in [1.54, 1.807) is 0 Å². The van der Waals surface area contributed by atoms with Gasteiger partial charge in [0.15, 0.2) is 0 Å². The zero-order valence-corrected chi connectivity index (χ0v) is 14.8. The zero-order chi connectivity index (χ0) is 16.1. The van der Waals surface area contributed by atoms with Crippen LogP contribution in [-0.4, -0.2) is 49.7 Å². The number of unbranched alkanes of at least 4 members (excludes halogenated alkanes) is 2. The van der Waals surface area contributed by atoms with Gasteiger partial charge in [0.1, 0.15) is 5.54 Å². The number of esters is 1. The number of carbonyl (C=O) groups excluding carboxylic acids is 1. The second-order valence-electron chi connectivity index (χ2n) is 6.01. The first kappa shape index (κ1) is 20.4. The molecule has 126 valence electrons. The van der Waals surface area contributed by atoms with Gasteiger partial charge in [-0.15, -0.1) is 0 Å². The predicted molar refractivity (Wildman–Crippen MR) is 89.6 cm³/mol. The minimum absolute atomic E-state index is 0.155. The molecule has 0 saturated heterocycles. The van der Waals surface area contributed by atoms with E-state index in [0.717, 1.165) is 25.9 Å². The standard InChI is InChI=1S/C17H36N2O2/c1-6-9-13-19(14-10-7-2)15-11-12-17(4,18-8-3)16(20)21-5/h18H,6-15H2,1-5H3. The summed E-state index contributed by atoms with van der Waals surface area (Å²) in [5, 5.41) is 3.28. The number of hydrogen-bond acceptors (Lipinski definition) is 4. The molecule has 4 heteroatoms. The number of rotatable bonds is 13. The van der Waals surface area contributed by atoms with Crippen molar-refractivity contribution in [2.45, 2.75) is 71.8 Å². The molecular formula is C17H36N2O2. The van der Waals surface area contributed by atoms with Crippen LogP contribution in [-0.2, 0) is 9.53 Å². The highest BCUT2D eigenvalue weighted by atomic mass is 16.5. The van der Waals surface area contributed by atoms with Crippen LogP contribution >= 0.6 is 0 Å². The molecule has 0 heterocycles. The summed E-state index contributed by atoms with van der Waals surface area (Å²) in [7, 11) is 1.47. The van der Waals surface area contributed by atoms with E-state index >= 15 is 0 Å². The third-order valence-electron chi connectivity index (χ3n) is 4.01. The minimum Gasteiger partial charge on any atom is -0.468 e. The molecule has 0 aliphatic rings. The van der Waals surface area contributed by atoms with Crippen molar-refractivity contribution in [2.24, 2.45) is 0 Å². The molecule has 1 atom stereocenters. The molecule has 0 aromatic carbocycles. The molecule has 0 spiro atoms. The van der Waals surface area contributed by atoms with Crippen molar-refractivity contribution in [2.75, 3.05) is 33.3 Å². The van der Waals surface area contributed by atoms with Crippen LogP contribution in [0, 0.1) is 0 Å². The lowest BCUT2D eigenvalue weighted by Gasteiger charge is -2.29. The van der Waals surface area contributed by atoms with E-state index in [1.807, 2.05) is 13.8 Å². The predicted octanol–water partition coefficient (Wildman–Crippen LogP) is 3.21. The Morgan fingerprint density at radius 3 is 2.00 bits per heavy atom.